The summed E-state index contributed by atoms with van der Waals surface area (Å²) < 4.78 is 19.3. The summed E-state index contributed by atoms with van der Waals surface area (Å²) in [6.07, 6.45) is 7.44. The largest absolute Gasteiger partial charge is 0.377 e. The molecule has 1 aliphatic heterocycles. The minimum atomic E-state index is -0.590. The number of anilines is 1. The lowest BCUT2D eigenvalue weighted by Crippen LogP contribution is -2.45. The van der Waals surface area contributed by atoms with Crippen molar-refractivity contribution in [2.45, 2.75) is 56.6 Å². The van der Waals surface area contributed by atoms with Gasteiger partial charge in [0.25, 0.3) is 5.69 Å². The van der Waals surface area contributed by atoms with Gasteiger partial charge in [0.05, 0.1) is 16.6 Å². The number of nitrogens with one attached hydrogen (secondary N) is 1. The minimum absolute atomic E-state index is 0.0665. The number of nitro benzene ring substituents is 1. The van der Waals surface area contributed by atoms with E-state index in [1.54, 1.807) is 0 Å². The third-order valence-electron chi connectivity index (χ3n) is 4.77. The summed E-state index contributed by atoms with van der Waals surface area (Å²) in [7, 11) is 0. The Balaban J connectivity index is 1.74. The quantitative estimate of drug-likeness (QED) is 0.676. The van der Waals surface area contributed by atoms with Gasteiger partial charge in [-0.05, 0) is 37.8 Å². The van der Waals surface area contributed by atoms with Gasteiger partial charge in [-0.25, -0.2) is 4.39 Å². The zero-order valence-electron chi connectivity index (χ0n) is 12.5. The maximum absolute atomic E-state index is 13.2. The van der Waals surface area contributed by atoms with Crippen LogP contribution in [0.25, 0.3) is 0 Å². The molecule has 0 radical (unpaired) electrons. The molecule has 1 atom stereocenters. The number of ether oxygens (including phenoxy) is 1. The molecular weight excluding hydrogens is 287 g/mol. The molecule has 0 amide bonds. The van der Waals surface area contributed by atoms with Gasteiger partial charge in [-0.2, -0.15) is 0 Å². The first-order valence-electron chi connectivity index (χ1n) is 7.92. The Morgan fingerprint density at radius 3 is 2.82 bits per heavy atom. The number of hydrogen-bond acceptors (Lipinski definition) is 4. The van der Waals surface area contributed by atoms with E-state index in [1.165, 1.54) is 31.4 Å². The Bertz CT molecular complexity index is 553. The number of benzene rings is 1. The van der Waals surface area contributed by atoms with Crippen LogP contribution in [0.3, 0.4) is 0 Å². The fraction of sp³-hybridized carbons (Fsp3) is 0.625. The highest BCUT2D eigenvalue weighted by Gasteiger charge is 2.38. The van der Waals surface area contributed by atoms with Gasteiger partial charge in [-0.3, -0.25) is 10.1 Å². The first-order chi connectivity index (χ1) is 10.6. The van der Waals surface area contributed by atoms with Crippen molar-refractivity contribution in [1.29, 1.82) is 0 Å². The smallest absolute Gasteiger partial charge is 0.295 e. The zero-order chi connectivity index (χ0) is 15.6. The highest BCUT2D eigenvalue weighted by Crippen LogP contribution is 2.39. The second-order valence-corrected chi connectivity index (χ2v) is 6.34. The molecule has 2 aliphatic rings. The third kappa shape index (κ3) is 3.21. The summed E-state index contributed by atoms with van der Waals surface area (Å²) in [6.45, 7) is 0.673. The summed E-state index contributed by atoms with van der Waals surface area (Å²) in [5, 5.41) is 14.3. The second kappa shape index (κ2) is 6.20. The first-order valence-corrected chi connectivity index (χ1v) is 7.92. The first kappa shape index (κ1) is 15.2. The van der Waals surface area contributed by atoms with E-state index in [0.29, 0.717) is 12.3 Å². The molecule has 1 saturated carbocycles. The maximum atomic E-state index is 13.2. The van der Waals surface area contributed by atoms with Crippen molar-refractivity contribution in [3.8, 4) is 0 Å². The molecule has 1 unspecified atom stereocenters. The fourth-order valence-electron chi connectivity index (χ4n) is 3.69. The van der Waals surface area contributed by atoms with E-state index >= 15 is 0 Å². The van der Waals surface area contributed by atoms with Gasteiger partial charge in [0.2, 0.25) is 0 Å². The van der Waals surface area contributed by atoms with Gasteiger partial charge in [0.1, 0.15) is 11.5 Å². The lowest BCUT2D eigenvalue weighted by atomic mass is 9.78. The summed E-state index contributed by atoms with van der Waals surface area (Å²) in [4.78, 5) is 10.5. The molecule has 120 valence electrons. The van der Waals surface area contributed by atoms with Crippen molar-refractivity contribution < 1.29 is 14.1 Å². The number of halogens is 1. The lowest BCUT2D eigenvalue weighted by molar-refractivity contribution is -0.384. The van der Waals surface area contributed by atoms with Crippen LogP contribution in [-0.2, 0) is 4.74 Å². The summed E-state index contributed by atoms with van der Waals surface area (Å²) in [5.74, 6) is -0.590. The second-order valence-electron chi connectivity index (χ2n) is 6.34. The summed E-state index contributed by atoms with van der Waals surface area (Å²) in [5.41, 5.74) is 0.122. The van der Waals surface area contributed by atoms with Crippen molar-refractivity contribution >= 4 is 11.4 Å². The number of hydrogen-bond donors (Lipinski definition) is 1. The van der Waals surface area contributed by atoms with Gasteiger partial charge in [0.15, 0.2) is 0 Å². The average Bonchev–Trinajstić information content (AvgIpc) is 2.50. The van der Waals surface area contributed by atoms with Gasteiger partial charge < -0.3 is 10.1 Å². The molecule has 5 nitrogen and oxygen atoms in total. The standard InChI is InChI=1S/C16H21FN2O3/c17-12-4-5-14(15(10-12)19(20)21)18-13-6-9-22-16(11-13)7-2-1-3-8-16/h4-5,10,13,18H,1-3,6-9,11H2. The van der Waals surface area contributed by atoms with E-state index in [1.807, 2.05) is 0 Å². The average molecular weight is 308 g/mol. The van der Waals surface area contributed by atoms with Gasteiger partial charge in [-0.15, -0.1) is 0 Å². The van der Waals surface area contributed by atoms with Gasteiger partial charge in [-0.1, -0.05) is 19.3 Å². The Morgan fingerprint density at radius 2 is 2.09 bits per heavy atom. The van der Waals surface area contributed by atoms with E-state index < -0.39 is 10.7 Å². The molecule has 1 heterocycles. The van der Waals surface area contributed by atoms with Crippen LogP contribution >= 0.6 is 0 Å². The van der Waals surface area contributed by atoms with E-state index in [0.717, 1.165) is 31.7 Å². The SMILES string of the molecule is O=[N+]([O-])c1cc(F)ccc1NC1CCOC2(CCCCC2)C1. The molecule has 3 rings (SSSR count). The molecule has 6 heteroatoms. The molecule has 1 spiro atoms. The highest BCUT2D eigenvalue weighted by molar-refractivity contribution is 5.61. The van der Waals surface area contributed by atoms with Crippen LogP contribution in [0.2, 0.25) is 0 Å². The number of nitrogens with zero attached hydrogens (tertiary/aromatic N) is 1. The third-order valence-corrected chi connectivity index (χ3v) is 4.77. The molecule has 22 heavy (non-hydrogen) atoms. The summed E-state index contributed by atoms with van der Waals surface area (Å²) in [6, 6.07) is 3.82. The van der Waals surface area contributed by atoms with E-state index in [-0.39, 0.29) is 17.3 Å². The summed E-state index contributed by atoms with van der Waals surface area (Å²) >= 11 is 0. The van der Waals surface area contributed by atoms with Crippen molar-refractivity contribution in [1.82, 2.24) is 0 Å². The topological polar surface area (TPSA) is 64.4 Å². The van der Waals surface area contributed by atoms with E-state index in [2.05, 4.69) is 5.32 Å². The van der Waals surface area contributed by atoms with Crippen LogP contribution in [-0.4, -0.2) is 23.2 Å². The molecule has 0 aromatic heterocycles. The van der Waals surface area contributed by atoms with Crippen LogP contribution < -0.4 is 5.32 Å². The minimum Gasteiger partial charge on any atom is -0.377 e. The molecule has 0 bridgehead atoms. The number of nitro groups is 1. The van der Waals surface area contributed by atoms with Crippen molar-refractivity contribution in [2.75, 3.05) is 11.9 Å². The highest BCUT2D eigenvalue weighted by atomic mass is 19.1. The zero-order valence-corrected chi connectivity index (χ0v) is 12.5. The predicted octanol–water partition coefficient (Wildman–Crippen LogP) is 4.03. The fourth-order valence-corrected chi connectivity index (χ4v) is 3.69. The van der Waals surface area contributed by atoms with Crippen LogP contribution in [0.15, 0.2) is 18.2 Å². The van der Waals surface area contributed by atoms with Crippen molar-refractivity contribution in [2.24, 2.45) is 0 Å². The maximum Gasteiger partial charge on any atom is 0.295 e. The Morgan fingerprint density at radius 1 is 1.32 bits per heavy atom. The number of rotatable bonds is 3. The van der Waals surface area contributed by atoms with Gasteiger partial charge in [0, 0.05) is 12.6 Å². The van der Waals surface area contributed by atoms with Crippen LogP contribution in [0.5, 0.6) is 0 Å². The molecule has 1 saturated heterocycles. The van der Waals surface area contributed by atoms with Crippen LogP contribution in [0.4, 0.5) is 15.8 Å². The Kier molecular flexibility index (Phi) is 4.29. The monoisotopic (exact) mass is 308 g/mol. The van der Waals surface area contributed by atoms with E-state index in [9.17, 15) is 14.5 Å². The van der Waals surface area contributed by atoms with Crippen LogP contribution in [0, 0.1) is 15.9 Å². The predicted molar refractivity (Wildman–Crippen MR) is 81.5 cm³/mol. The Hall–Kier alpha value is -1.69. The van der Waals surface area contributed by atoms with Gasteiger partial charge >= 0.3 is 0 Å². The molecule has 1 aliphatic carbocycles. The van der Waals surface area contributed by atoms with E-state index in [4.69, 9.17) is 4.74 Å². The molecule has 1 aromatic rings. The molecule has 1 N–H and O–H groups in total. The van der Waals surface area contributed by atoms with Crippen LogP contribution in [0.1, 0.15) is 44.9 Å². The lowest BCUT2D eigenvalue weighted by Gasteiger charge is -2.43. The Labute approximate surface area is 129 Å². The van der Waals surface area contributed by atoms with Crippen molar-refractivity contribution in [3.63, 3.8) is 0 Å². The normalized spacial score (nSPS) is 24.1. The molecular formula is C16H21FN2O3. The van der Waals surface area contributed by atoms with Crippen molar-refractivity contribution in [3.05, 3.63) is 34.1 Å². The molecule has 2 fully saturated rings. The molecule has 1 aromatic carbocycles.